The molecule has 0 atom stereocenters. The van der Waals surface area contributed by atoms with Crippen molar-refractivity contribution >= 4 is 0 Å². The molecular weight excluding hydrogens is 228 g/mol. The Balaban J connectivity index is 2.40. The summed E-state index contributed by atoms with van der Waals surface area (Å²) in [4.78, 5) is 4.43. The van der Waals surface area contributed by atoms with Crippen molar-refractivity contribution in [1.82, 2.24) is 15.2 Å². The van der Waals surface area contributed by atoms with Crippen LogP contribution in [0.5, 0.6) is 5.75 Å². The molecule has 1 aromatic carbocycles. The molecule has 3 N–H and O–H groups in total. The minimum Gasteiger partial charge on any atom is -0.496 e. The smallest absolute Gasteiger partial charge is 0.184 e. The zero-order valence-electron chi connectivity index (χ0n) is 10.7. The van der Waals surface area contributed by atoms with Gasteiger partial charge in [0.05, 0.1) is 12.7 Å². The van der Waals surface area contributed by atoms with Gasteiger partial charge >= 0.3 is 0 Å². The maximum atomic E-state index is 5.50. The maximum Gasteiger partial charge on any atom is 0.184 e. The van der Waals surface area contributed by atoms with E-state index in [4.69, 9.17) is 10.5 Å². The van der Waals surface area contributed by atoms with E-state index in [9.17, 15) is 0 Å². The number of ether oxygens (including phenoxy) is 1. The number of hydrogen-bond donors (Lipinski definition) is 2. The second kappa shape index (κ2) is 5.64. The fourth-order valence-electron chi connectivity index (χ4n) is 1.81. The summed E-state index contributed by atoms with van der Waals surface area (Å²) in [6, 6.07) is 6.07. The minimum atomic E-state index is 0.556. The summed E-state index contributed by atoms with van der Waals surface area (Å²) in [6.45, 7) is 2.67. The van der Waals surface area contributed by atoms with Crippen LogP contribution in [-0.2, 0) is 12.8 Å². The highest BCUT2D eigenvalue weighted by molar-refractivity contribution is 5.65. The van der Waals surface area contributed by atoms with Gasteiger partial charge in [-0.25, -0.2) is 4.98 Å². The Kier molecular flexibility index (Phi) is 3.94. The average molecular weight is 246 g/mol. The van der Waals surface area contributed by atoms with Crippen LogP contribution in [0.4, 0.5) is 0 Å². The zero-order valence-corrected chi connectivity index (χ0v) is 10.7. The summed E-state index contributed by atoms with van der Waals surface area (Å²) in [5, 5.41) is 7.11. The molecule has 1 heterocycles. The van der Waals surface area contributed by atoms with Gasteiger partial charge < -0.3 is 10.5 Å². The summed E-state index contributed by atoms with van der Waals surface area (Å²) >= 11 is 0. The first kappa shape index (κ1) is 12.6. The van der Waals surface area contributed by atoms with E-state index in [0.29, 0.717) is 18.8 Å². The number of aromatic nitrogens is 3. The fraction of sp³-hybridized carbons (Fsp3) is 0.385. The van der Waals surface area contributed by atoms with Crippen molar-refractivity contribution < 1.29 is 4.74 Å². The number of benzene rings is 1. The molecule has 0 unspecified atom stereocenters. The van der Waals surface area contributed by atoms with Crippen LogP contribution in [0.1, 0.15) is 18.3 Å². The van der Waals surface area contributed by atoms with Crippen LogP contribution in [-0.4, -0.2) is 28.8 Å². The third-order valence-corrected chi connectivity index (χ3v) is 2.83. The number of methoxy groups -OCH3 is 1. The number of aryl methyl sites for hydroxylation is 1. The third kappa shape index (κ3) is 2.51. The molecule has 0 bridgehead atoms. The lowest BCUT2D eigenvalue weighted by molar-refractivity contribution is 0.416. The Morgan fingerprint density at radius 1 is 1.39 bits per heavy atom. The SMILES string of the molecule is CCc1ccc(OC)c(-c2n[nH]c(CCN)n2)c1. The quantitative estimate of drug-likeness (QED) is 0.839. The standard InChI is InChI=1S/C13H18N4O/c1-3-9-4-5-11(18-2)10(8-9)13-15-12(6-7-14)16-17-13/h4-5,8H,3,6-7,14H2,1-2H3,(H,15,16,17). The number of nitrogens with two attached hydrogens (primary N) is 1. The lowest BCUT2D eigenvalue weighted by Gasteiger charge is -2.07. The summed E-state index contributed by atoms with van der Waals surface area (Å²) in [6.07, 6.45) is 1.67. The van der Waals surface area contributed by atoms with Gasteiger partial charge in [0, 0.05) is 6.42 Å². The van der Waals surface area contributed by atoms with E-state index in [0.717, 1.165) is 23.6 Å². The first-order valence-electron chi connectivity index (χ1n) is 6.07. The highest BCUT2D eigenvalue weighted by Crippen LogP contribution is 2.28. The van der Waals surface area contributed by atoms with E-state index in [1.54, 1.807) is 7.11 Å². The van der Waals surface area contributed by atoms with E-state index < -0.39 is 0 Å². The number of rotatable bonds is 5. The predicted molar refractivity (Wildman–Crippen MR) is 70.5 cm³/mol. The molecule has 0 saturated carbocycles. The fourth-order valence-corrected chi connectivity index (χ4v) is 1.81. The summed E-state index contributed by atoms with van der Waals surface area (Å²) < 4.78 is 5.35. The molecule has 5 heteroatoms. The highest BCUT2D eigenvalue weighted by Gasteiger charge is 2.11. The van der Waals surface area contributed by atoms with Gasteiger partial charge in [-0.2, -0.15) is 5.10 Å². The van der Waals surface area contributed by atoms with Gasteiger partial charge in [-0.3, -0.25) is 5.10 Å². The molecule has 2 rings (SSSR count). The van der Waals surface area contributed by atoms with E-state index >= 15 is 0 Å². The second-order valence-electron chi connectivity index (χ2n) is 4.03. The second-order valence-corrected chi connectivity index (χ2v) is 4.03. The Hall–Kier alpha value is -1.88. The predicted octanol–water partition coefficient (Wildman–Crippen LogP) is 1.54. The minimum absolute atomic E-state index is 0.556. The molecule has 1 aromatic heterocycles. The molecule has 0 fully saturated rings. The van der Waals surface area contributed by atoms with Gasteiger partial charge in [0.25, 0.3) is 0 Å². The maximum absolute atomic E-state index is 5.50. The number of nitrogens with one attached hydrogen (secondary N) is 1. The molecular formula is C13H18N4O. The number of H-pyrrole nitrogens is 1. The normalized spacial score (nSPS) is 10.6. The van der Waals surface area contributed by atoms with E-state index in [1.807, 2.05) is 6.07 Å². The van der Waals surface area contributed by atoms with Gasteiger partial charge in [-0.05, 0) is 30.7 Å². The van der Waals surface area contributed by atoms with Gasteiger partial charge in [-0.1, -0.05) is 13.0 Å². The first-order valence-corrected chi connectivity index (χ1v) is 6.07. The zero-order chi connectivity index (χ0) is 13.0. The molecule has 0 aliphatic rings. The van der Waals surface area contributed by atoms with Crippen LogP contribution < -0.4 is 10.5 Å². The van der Waals surface area contributed by atoms with Gasteiger partial charge in [0.15, 0.2) is 5.82 Å². The molecule has 0 saturated heterocycles. The summed E-state index contributed by atoms with van der Waals surface area (Å²) in [5.74, 6) is 2.24. The highest BCUT2D eigenvalue weighted by atomic mass is 16.5. The van der Waals surface area contributed by atoms with Crippen molar-refractivity contribution in [3.63, 3.8) is 0 Å². The van der Waals surface area contributed by atoms with Crippen molar-refractivity contribution in [2.75, 3.05) is 13.7 Å². The lowest BCUT2D eigenvalue weighted by atomic mass is 10.1. The molecule has 0 spiro atoms. The molecule has 0 radical (unpaired) electrons. The molecule has 0 amide bonds. The van der Waals surface area contributed by atoms with E-state index in [1.165, 1.54) is 5.56 Å². The Morgan fingerprint density at radius 2 is 2.22 bits per heavy atom. The van der Waals surface area contributed by atoms with Crippen molar-refractivity contribution in [1.29, 1.82) is 0 Å². The van der Waals surface area contributed by atoms with E-state index in [2.05, 4.69) is 34.2 Å². The van der Waals surface area contributed by atoms with Crippen LogP contribution >= 0.6 is 0 Å². The summed E-state index contributed by atoms with van der Waals surface area (Å²) in [7, 11) is 1.65. The number of aromatic amines is 1. The van der Waals surface area contributed by atoms with Crippen LogP contribution in [0.3, 0.4) is 0 Å². The monoisotopic (exact) mass is 246 g/mol. The Morgan fingerprint density at radius 3 is 2.89 bits per heavy atom. The molecule has 96 valence electrons. The largest absolute Gasteiger partial charge is 0.496 e. The van der Waals surface area contributed by atoms with Crippen molar-refractivity contribution in [2.24, 2.45) is 5.73 Å². The van der Waals surface area contributed by atoms with Crippen LogP contribution in [0, 0.1) is 0 Å². The Labute approximate surface area is 106 Å². The van der Waals surface area contributed by atoms with Crippen LogP contribution in [0.15, 0.2) is 18.2 Å². The molecule has 5 nitrogen and oxygen atoms in total. The van der Waals surface area contributed by atoms with Gasteiger partial charge in [0.2, 0.25) is 0 Å². The summed E-state index contributed by atoms with van der Waals surface area (Å²) in [5.41, 5.74) is 7.64. The Bertz CT molecular complexity index is 521. The van der Waals surface area contributed by atoms with Gasteiger partial charge in [-0.15, -0.1) is 0 Å². The topological polar surface area (TPSA) is 76.8 Å². The van der Waals surface area contributed by atoms with Crippen molar-refractivity contribution in [3.8, 4) is 17.1 Å². The van der Waals surface area contributed by atoms with Gasteiger partial charge in [0.1, 0.15) is 11.6 Å². The average Bonchev–Trinajstić information content (AvgIpc) is 2.87. The van der Waals surface area contributed by atoms with Crippen molar-refractivity contribution in [2.45, 2.75) is 19.8 Å². The molecule has 0 aliphatic carbocycles. The molecule has 2 aromatic rings. The number of hydrogen-bond acceptors (Lipinski definition) is 4. The first-order chi connectivity index (χ1) is 8.78. The molecule has 18 heavy (non-hydrogen) atoms. The van der Waals surface area contributed by atoms with Crippen molar-refractivity contribution in [3.05, 3.63) is 29.6 Å². The third-order valence-electron chi connectivity index (χ3n) is 2.83. The van der Waals surface area contributed by atoms with E-state index in [-0.39, 0.29) is 0 Å². The van der Waals surface area contributed by atoms with Crippen LogP contribution in [0.25, 0.3) is 11.4 Å². The number of nitrogens with zero attached hydrogens (tertiary/aromatic N) is 2. The molecule has 0 aliphatic heterocycles. The lowest BCUT2D eigenvalue weighted by Crippen LogP contribution is -2.03. The van der Waals surface area contributed by atoms with Crippen LogP contribution in [0.2, 0.25) is 0 Å².